The van der Waals surface area contributed by atoms with Crippen LogP contribution in [0.5, 0.6) is 0 Å². The first-order chi connectivity index (χ1) is 15.1. The van der Waals surface area contributed by atoms with Crippen LogP contribution in [0.3, 0.4) is 0 Å². The molecule has 1 saturated heterocycles. The van der Waals surface area contributed by atoms with Gasteiger partial charge in [0.25, 0.3) is 0 Å². The molecule has 164 valence electrons. The third-order valence-electron chi connectivity index (χ3n) is 6.71. The van der Waals surface area contributed by atoms with Gasteiger partial charge >= 0.3 is 0 Å². The summed E-state index contributed by atoms with van der Waals surface area (Å²) < 4.78 is 13.4. The molecular weight excluding hydrogens is 415 g/mol. The zero-order chi connectivity index (χ0) is 21.4. The monoisotopic (exact) mass is 442 g/mol. The van der Waals surface area contributed by atoms with Crippen LogP contribution in [-0.2, 0) is 22.4 Å². The fraction of sp³-hybridized carbons (Fsp3) is 0.522. The van der Waals surface area contributed by atoms with Gasteiger partial charge in [0.15, 0.2) is 5.13 Å². The molecule has 2 heterocycles. The van der Waals surface area contributed by atoms with Crippen LogP contribution in [0.25, 0.3) is 0 Å². The van der Waals surface area contributed by atoms with E-state index in [9.17, 15) is 14.0 Å². The van der Waals surface area contributed by atoms with E-state index < -0.39 is 0 Å². The van der Waals surface area contributed by atoms with Crippen molar-refractivity contribution < 1.29 is 14.0 Å². The van der Waals surface area contributed by atoms with E-state index in [-0.39, 0.29) is 23.6 Å². The van der Waals surface area contributed by atoms with Crippen LogP contribution in [0.1, 0.15) is 36.3 Å². The van der Waals surface area contributed by atoms with Gasteiger partial charge in [-0.05, 0) is 50.3 Å². The number of aromatic nitrogens is 1. The summed E-state index contributed by atoms with van der Waals surface area (Å²) in [6, 6.07) is 6.01. The molecule has 1 N–H and O–H groups in total. The molecule has 6 nitrogen and oxygen atoms in total. The molecular formula is C23H27FN4O2S. The number of nitrogens with one attached hydrogen (secondary N) is 1. The van der Waals surface area contributed by atoms with E-state index in [1.54, 1.807) is 23.5 Å². The lowest BCUT2D eigenvalue weighted by molar-refractivity contribution is -0.138. The first-order valence-electron chi connectivity index (χ1n) is 11.2. The Labute approximate surface area is 185 Å². The van der Waals surface area contributed by atoms with Crippen LogP contribution in [0.15, 0.2) is 24.3 Å². The molecule has 1 aromatic heterocycles. The molecule has 0 bridgehead atoms. The summed E-state index contributed by atoms with van der Waals surface area (Å²) in [6.45, 7) is 3.15. The van der Waals surface area contributed by atoms with Crippen LogP contribution in [0.2, 0.25) is 0 Å². The summed E-state index contributed by atoms with van der Waals surface area (Å²) in [5, 5.41) is 3.85. The number of rotatable bonds is 4. The molecule has 2 amide bonds. The Morgan fingerprint density at radius 1 is 1.10 bits per heavy atom. The Balaban J connectivity index is 1.18. The van der Waals surface area contributed by atoms with Crippen LogP contribution in [0, 0.1) is 17.7 Å². The molecule has 1 aliphatic heterocycles. The summed E-state index contributed by atoms with van der Waals surface area (Å²) in [7, 11) is 0. The third-order valence-corrected chi connectivity index (χ3v) is 7.89. The van der Waals surface area contributed by atoms with Crippen molar-refractivity contribution in [3.8, 4) is 0 Å². The van der Waals surface area contributed by atoms with E-state index >= 15 is 0 Å². The molecule has 1 atom stereocenters. The number of hydrogen-bond donors (Lipinski definition) is 1. The van der Waals surface area contributed by atoms with E-state index in [0.717, 1.165) is 62.7 Å². The topological polar surface area (TPSA) is 65.5 Å². The average molecular weight is 443 g/mol. The number of carbonyl (C=O) groups excluding carboxylic acids is 2. The van der Waals surface area contributed by atoms with Crippen LogP contribution >= 0.6 is 11.3 Å². The highest BCUT2D eigenvalue weighted by atomic mass is 32.1. The molecule has 1 saturated carbocycles. The van der Waals surface area contributed by atoms with Gasteiger partial charge in [0.1, 0.15) is 5.82 Å². The number of piperazine rings is 1. The number of hydrogen-bond acceptors (Lipinski definition) is 5. The molecule has 5 rings (SSSR count). The quantitative estimate of drug-likeness (QED) is 0.788. The normalized spacial score (nSPS) is 21.4. The second kappa shape index (κ2) is 8.57. The van der Waals surface area contributed by atoms with Crippen LogP contribution in [-0.4, -0.2) is 47.9 Å². The lowest BCUT2D eigenvalue weighted by Crippen LogP contribution is -2.51. The van der Waals surface area contributed by atoms with E-state index in [4.69, 9.17) is 4.98 Å². The standard InChI is InChI=1S/C23H27FN4O2S/c24-17-5-2-6-18(14-17)25-21(29)16-7-8-19-20(13-16)31-23(26-19)28-11-9-27(10-12-28)22(30)15-3-1-4-15/h2,5-6,14-16H,1,3-4,7-13H2,(H,25,29). The second-order valence-corrected chi connectivity index (χ2v) is 9.81. The first kappa shape index (κ1) is 20.4. The number of amides is 2. The van der Waals surface area contributed by atoms with Crippen molar-refractivity contribution in [1.82, 2.24) is 9.88 Å². The van der Waals surface area contributed by atoms with Crippen molar-refractivity contribution in [3.63, 3.8) is 0 Å². The molecule has 8 heteroatoms. The number of nitrogens with zero attached hydrogens (tertiary/aromatic N) is 3. The van der Waals surface area contributed by atoms with Crippen LogP contribution < -0.4 is 10.2 Å². The minimum atomic E-state index is -0.356. The minimum absolute atomic E-state index is 0.0608. The predicted molar refractivity (Wildman–Crippen MR) is 119 cm³/mol. The number of benzene rings is 1. The summed E-state index contributed by atoms with van der Waals surface area (Å²) in [4.78, 5) is 35.5. The van der Waals surface area contributed by atoms with E-state index in [2.05, 4.69) is 10.2 Å². The Morgan fingerprint density at radius 3 is 2.61 bits per heavy atom. The molecule has 31 heavy (non-hydrogen) atoms. The predicted octanol–water partition coefficient (Wildman–Crippen LogP) is 3.47. The summed E-state index contributed by atoms with van der Waals surface area (Å²) in [6.07, 6.45) is 5.49. The van der Waals surface area contributed by atoms with E-state index in [1.807, 2.05) is 4.90 Å². The zero-order valence-electron chi connectivity index (χ0n) is 17.5. The number of fused-ring (bicyclic) bond motifs is 1. The van der Waals surface area contributed by atoms with Gasteiger partial charge in [-0.3, -0.25) is 9.59 Å². The van der Waals surface area contributed by atoms with Gasteiger partial charge in [-0.15, -0.1) is 11.3 Å². The highest BCUT2D eigenvalue weighted by molar-refractivity contribution is 7.15. The highest BCUT2D eigenvalue weighted by Gasteiger charge is 2.33. The number of carbonyl (C=O) groups is 2. The lowest BCUT2D eigenvalue weighted by atomic mass is 9.84. The van der Waals surface area contributed by atoms with Crippen molar-refractivity contribution in [2.75, 3.05) is 36.4 Å². The molecule has 0 radical (unpaired) electrons. The van der Waals surface area contributed by atoms with Gasteiger partial charge in [0, 0.05) is 48.6 Å². The molecule has 2 aliphatic carbocycles. The average Bonchev–Trinajstić information content (AvgIpc) is 3.16. The number of halogens is 1. The zero-order valence-corrected chi connectivity index (χ0v) is 18.3. The summed E-state index contributed by atoms with van der Waals surface area (Å²) >= 11 is 1.67. The fourth-order valence-corrected chi connectivity index (χ4v) is 5.80. The number of anilines is 2. The Hall–Kier alpha value is -2.48. The van der Waals surface area contributed by atoms with Crippen molar-refractivity contribution in [2.45, 2.75) is 38.5 Å². The van der Waals surface area contributed by atoms with Gasteiger partial charge in [-0.25, -0.2) is 9.37 Å². The van der Waals surface area contributed by atoms with Crippen molar-refractivity contribution in [2.24, 2.45) is 11.8 Å². The highest BCUT2D eigenvalue weighted by Crippen LogP contribution is 2.35. The van der Waals surface area contributed by atoms with Crippen molar-refractivity contribution >= 4 is 34.0 Å². The fourth-order valence-electron chi connectivity index (χ4n) is 4.56. The van der Waals surface area contributed by atoms with Gasteiger partial charge in [0.05, 0.1) is 5.69 Å². The molecule has 1 aromatic carbocycles. The lowest BCUT2D eigenvalue weighted by Gasteiger charge is -2.38. The van der Waals surface area contributed by atoms with Gasteiger partial charge < -0.3 is 15.1 Å². The number of aryl methyl sites for hydroxylation is 1. The first-order valence-corrected chi connectivity index (χ1v) is 12.0. The maximum absolute atomic E-state index is 13.4. The molecule has 3 aliphatic rings. The van der Waals surface area contributed by atoms with Gasteiger partial charge in [0.2, 0.25) is 11.8 Å². The third kappa shape index (κ3) is 4.31. The van der Waals surface area contributed by atoms with E-state index in [1.165, 1.54) is 23.4 Å². The number of thiazole rings is 1. The SMILES string of the molecule is O=C(Nc1cccc(F)c1)C1CCc2nc(N3CCN(C(=O)C4CCC4)CC3)sc2C1. The second-order valence-electron chi connectivity index (χ2n) is 8.75. The van der Waals surface area contributed by atoms with Crippen molar-refractivity contribution in [3.05, 3.63) is 40.7 Å². The summed E-state index contributed by atoms with van der Waals surface area (Å²) in [5.41, 5.74) is 1.60. The Bertz CT molecular complexity index is 982. The Morgan fingerprint density at radius 2 is 1.90 bits per heavy atom. The van der Waals surface area contributed by atoms with Gasteiger partial charge in [-0.2, -0.15) is 0 Å². The smallest absolute Gasteiger partial charge is 0.227 e. The summed E-state index contributed by atoms with van der Waals surface area (Å²) in [5.74, 6) is 0.0475. The minimum Gasteiger partial charge on any atom is -0.345 e. The Kier molecular flexibility index (Phi) is 5.65. The molecule has 2 aromatic rings. The molecule has 2 fully saturated rings. The maximum atomic E-state index is 13.4. The molecule has 0 spiro atoms. The molecule has 1 unspecified atom stereocenters. The van der Waals surface area contributed by atoms with Crippen LogP contribution in [0.4, 0.5) is 15.2 Å². The van der Waals surface area contributed by atoms with Crippen molar-refractivity contribution in [1.29, 1.82) is 0 Å². The maximum Gasteiger partial charge on any atom is 0.227 e. The van der Waals surface area contributed by atoms with E-state index in [0.29, 0.717) is 18.0 Å². The largest absolute Gasteiger partial charge is 0.345 e. The van der Waals surface area contributed by atoms with Gasteiger partial charge in [-0.1, -0.05) is 12.5 Å².